The molecule has 1 saturated heterocycles. The van der Waals surface area contributed by atoms with Gasteiger partial charge in [-0.1, -0.05) is 27.7 Å². The average Bonchev–Trinajstić information content (AvgIpc) is 2.52. The van der Waals surface area contributed by atoms with Gasteiger partial charge >= 0.3 is 0 Å². The number of rotatable bonds is 2. The van der Waals surface area contributed by atoms with Gasteiger partial charge in [0.1, 0.15) is 0 Å². The van der Waals surface area contributed by atoms with Crippen LogP contribution in [0.15, 0.2) is 0 Å². The number of hydrogen-bond acceptors (Lipinski definition) is 2. The van der Waals surface area contributed by atoms with E-state index in [0.717, 1.165) is 25.9 Å². The summed E-state index contributed by atoms with van der Waals surface area (Å²) in [6.07, 6.45) is 4.13. The van der Waals surface area contributed by atoms with Gasteiger partial charge in [-0.25, -0.2) is 0 Å². The molecule has 0 aliphatic carbocycles. The maximum atomic E-state index is 12.4. The van der Waals surface area contributed by atoms with Gasteiger partial charge < -0.3 is 10.6 Å². The van der Waals surface area contributed by atoms with Crippen LogP contribution in [0, 0.1) is 11.3 Å². The number of nitrogens with zero attached hydrogens (tertiary/aromatic N) is 1. The second-order valence-electron chi connectivity index (χ2n) is 7.06. The molecule has 0 aromatic rings. The van der Waals surface area contributed by atoms with Crippen molar-refractivity contribution >= 4 is 5.91 Å². The third-order valence-corrected chi connectivity index (χ3v) is 4.46. The molecule has 18 heavy (non-hydrogen) atoms. The second-order valence-corrected chi connectivity index (χ2v) is 7.06. The summed E-state index contributed by atoms with van der Waals surface area (Å²) in [7, 11) is 0. The standard InChI is InChI=1S/C15H30N2O/c1-6-15(5,16)13(18)17-10-7-8-12(9-11-17)14(2,3)4/h12H,6-11,16H2,1-5H3. The SMILES string of the molecule is CCC(C)(N)C(=O)N1CCCC(C(C)(C)C)CC1. The van der Waals surface area contributed by atoms with Crippen molar-refractivity contribution in [3.8, 4) is 0 Å². The van der Waals surface area contributed by atoms with E-state index in [9.17, 15) is 4.79 Å². The maximum Gasteiger partial charge on any atom is 0.242 e. The minimum atomic E-state index is -0.693. The molecule has 2 unspecified atom stereocenters. The molecule has 106 valence electrons. The Labute approximate surface area is 112 Å². The van der Waals surface area contributed by atoms with E-state index in [1.165, 1.54) is 6.42 Å². The van der Waals surface area contributed by atoms with Gasteiger partial charge in [0.25, 0.3) is 0 Å². The minimum Gasteiger partial charge on any atom is -0.341 e. The summed E-state index contributed by atoms with van der Waals surface area (Å²) in [6, 6.07) is 0. The van der Waals surface area contributed by atoms with Crippen LogP contribution < -0.4 is 5.73 Å². The lowest BCUT2D eigenvalue weighted by Gasteiger charge is -2.32. The van der Waals surface area contributed by atoms with Gasteiger partial charge in [0.05, 0.1) is 5.54 Å². The lowest BCUT2D eigenvalue weighted by atomic mass is 9.77. The molecule has 0 bridgehead atoms. The Morgan fingerprint density at radius 3 is 2.33 bits per heavy atom. The highest BCUT2D eigenvalue weighted by Gasteiger charge is 2.34. The number of carbonyl (C=O) groups excluding carboxylic acids is 1. The van der Waals surface area contributed by atoms with E-state index in [2.05, 4.69) is 20.8 Å². The number of carbonyl (C=O) groups is 1. The molecule has 0 saturated carbocycles. The van der Waals surface area contributed by atoms with Gasteiger partial charge in [-0.3, -0.25) is 4.79 Å². The monoisotopic (exact) mass is 254 g/mol. The summed E-state index contributed by atoms with van der Waals surface area (Å²) < 4.78 is 0. The Bertz CT molecular complexity index is 291. The highest BCUT2D eigenvalue weighted by Crippen LogP contribution is 2.34. The van der Waals surface area contributed by atoms with Crippen molar-refractivity contribution in [1.82, 2.24) is 4.90 Å². The van der Waals surface area contributed by atoms with E-state index in [-0.39, 0.29) is 5.91 Å². The molecular weight excluding hydrogens is 224 g/mol. The molecule has 0 aromatic heterocycles. The lowest BCUT2D eigenvalue weighted by Crippen LogP contribution is -2.53. The van der Waals surface area contributed by atoms with Crippen LogP contribution in [-0.2, 0) is 4.79 Å². The van der Waals surface area contributed by atoms with Crippen molar-refractivity contribution in [1.29, 1.82) is 0 Å². The zero-order valence-corrected chi connectivity index (χ0v) is 12.8. The number of hydrogen-bond donors (Lipinski definition) is 1. The second kappa shape index (κ2) is 5.60. The highest BCUT2D eigenvalue weighted by atomic mass is 16.2. The fourth-order valence-electron chi connectivity index (χ4n) is 2.68. The van der Waals surface area contributed by atoms with E-state index in [4.69, 9.17) is 5.73 Å². The van der Waals surface area contributed by atoms with Crippen molar-refractivity contribution in [2.45, 2.75) is 65.8 Å². The van der Waals surface area contributed by atoms with E-state index in [1.807, 2.05) is 18.7 Å². The van der Waals surface area contributed by atoms with Crippen molar-refractivity contribution in [2.24, 2.45) is 17.1 Å². The third-order valence-electron chi connectivity index (χ3n) is 4.46. The molecule has 0 radical (unpaired) electrons. The first kappa shape index (κ1) is 15.5. The van der Waals surface area contributed by atoms with Gasteiger partial charge in [-0.2, -0.15) is 0 Å². The predicted molar refractivity (Wildman–Crippen MR) is 76.3 cm³/mol. The first-order valence-corrected chi connectivity index (χ1v) is 7.26. The van der Waals surface area contributed by atoms with Gasteiger partial charge in [0, 0.05) is 13.1 Å². The summed E-state index contributed by atoms with van der Waals surface area (Å²) in [5, 5.41) is 0. The van der Waals surface area contributed by atoms with Crippen molar-refractivity contribution in [3.05, 3.63) is 0 Å². The number of nitrogens with two attached hydrogens (primary N) is 1. The summed E-state index contributed by atoms with van der Waals surface area (Å²) in [6.45, 7) is 12.5. The van der Waals surface area contributed by atoms with E-state index in [0.29, 0.717) is 17.8 Å². The van der Waals surface area contributed by atoms with E-state index >= 15 is 0 Å². The summed E-state index contributed by atoms with van der Waals surface area (Å²) in [5.74, 6) is 0.834. The van der Waals surface area contributed by atoms with Crippen LogP contribution in [0.5, 0.6) is 0 Å². The fraction of sp³-hybridized carbons (Fsp3) is 0.933. The molecule has 0 spiro atoms. The van der Waals surface area contributed by atoms with Crippen LogP contribution in [0.3, 0.4) is 0 Å². The highest BCUT2D eigenvalue weighted by molar-refractivity contribution is 5.85. The zero-order valence-electron chi connectivity index (χ0n) is 12.8. The van der Waals surface area contributed by atoms with Gasteiger partial charge in [-0.05, 0) is 43.9 Å². The van der Waals surface area contributed by atoms with Crippen molar-refractivity contribution < 1.29 is 4.79 Å². The van der Waals surface area contributed by atoms with E-state index in [1.54, 1.807) is 0 Å². The van der Waals surface area contributed by atoms with Crippen molar-refractivity contribution in [3.63, 3.8) is 0 Å². The smallest absolute Gasteiger partial charge is 0.242 e. The van der Waals surface area contributed by atoms with Gasteiger partial charge in [0.15, 0.2) is 0 Å². The largest absolute Gasteiger partial charge is 0.341 e. The summed E-state index contributed by atoms with van der Waals surface area (Å²) in [4.78, 5) is 14.3. The molecule has 1 aliphatic rings. The van der Waals surface area contributed by atoms with Crippen LogP contribution in [-0.4, -0.2) is 29.4 Å². The summed E-state index contributed by atoms with van der Waals surface area (Å²) >= 11 is 0. The topological polar surface area (TPSA) is 46.3 Å². The molecule has 1 aliphatic heterocycles. The van der Waals surface area contributed by atoms with Crippen LogP contribution in [0.25, 0.3) is 0 Å². The summed E-state index contributed by atoms with van der Waals surface area (Å²) in [5.41, 5.74) is 5.72. The maximum absolute atomic E-state index is 12.4. The van der Waals surface area contributed by atoms with Crippen LogP contribution in [0.2, 0.25) is 0 Å². The fourth-order valence-corrected chi connectivity index (χ4v) is 2.68. The zero-order chi connectivity index (χ0) is 14.0. The van der Waals surface area contributed by atoms with E-state index < -0.39 is 5.54 Å². The number of likely N-dealkylation sites (tertiary alicyclic amines) is 1. The molecule has 2 N–H and O–H groups in total. The first-order valence-electron chi connectivity index (χ1n) is 7.26. The Hall–Kier alpha value is -0.570. The normalized spacial score (nSPS) is 25.4. The quantitative estimate of drug-likeness (QED) is 0.823. The lowest BCUT2D eigenvalue weighted by molar-refractivity contribution is -0.136. The Kier molecular flexibility index (Phi) is 4.82. The van der Waals surface area contributed by atoms with Crippen LogP contribution in [0.1, 0.15) is 60.3 Å². The minimum absolute atomic E-state index is 0.125. The molecular formula is C15H30N2O. The molecule has 1 heterocycles. The Morgan fingerprint density at radius 1 is 1.22 bits per heavy atom. The predicted octanol–water partition coefficient (Wildman–Crippen LogP) is 2.79. The number of amides is 1. The van der Waals surface area contributed by atoms with Crippen LogP contribution >= 0.6 is 0 Å². The molecule has 3 nitrogen and oxygen atoms in total. The molecule has 1 amide bonds. The third kappa shape index (κ3) is 3.71. The Morgan fingerprint density at radius 2 is 1.83 bits per heavy atom. The molecule has 0 aromatic carbocycles. The Balaban J connectivity index is 2.65. The average molecular weight is 254 g/mol. The molecule has 1 rings (SSSR count). The first-order chi connectivity index (χ1) is 8.18. The molecule has 3 heteroatoms. The van der Waals surface area contributed by atoms with Gasteiger partial charge in [0.2, 0.25) is 5.91 Å². The molecule has 1 fully saturated rings. The van der Waals surface area contributed by atoms with Crippen molar-refractivity contribution in [2.75, 3.05) is 13.1 Å². The van der Waals surface area contributed by atoms with Crippen LogP contribution in [0.4, 0.5) is 0 Å². The molecule has 2 atom stereocenters. The van der Waals surface area contributed by atoms with Gasteiger partial charge in [-0.15, -0.1) is 0 Å².